The van der Waals surface area contributed by atoms with Gasteiger partial charge >= 0.3 is 0 Å². The summed E-state index contributed by atoms with van der Waals surface area (Å²) in [6, 6.07) is 12.4. The van der Waals surface area contributed by atoms with Gasteiger partial charge in [0.25, 0.3) is 0 Å². The highest BCUT2D eigenvalue weighted by atomic mass is 16.1. The van der Waals surface area contributed by atoms with Crippen LogP contribution < -0.4 is 0 Å². The van der Waals surface area contributed by atoms with Gasteiger partial charge in [-0.25, -0.2) is 0 Å². The molecule has 0 aromatic heterocycles. The molecule has 0 unspecified atom stereocenters. The Labute approximate surface area is 114 Å². The van der Waals surface area contributed by atoms with E-state index in [4.69, 9.17) is 0 Å². The summed E-state index contributed by atoms with van der Waals surface area (Å²) in [6.45, 7) is 2.11. The molecule has 1 saturated carbocycles. The molecule has 2 aromatic carbocycles. The fourth-order valence-electron chi connectivity index (χ4n) is 3.25. The van der Waals surface area contributed by atoms with E-state index in [1.54, 1.807) is 0 Å². The third kappa shape index (κ3) is 2.30. The summed E-state index contributed by atoms with van der Waals surface area (Å²) in [4.78, 5) is 12.7. The van der Waals surface area contributed by atoms with Crippen LogP contribution in [0.2, 0.25) is 0 Å². The Hall–Kier alpha value is -1.63. The van der Waals surface area contributed by atoms with Crippen LogP contribution in [0.15, 0.2) is 36.4 Å². The minimum Gasteiger partial charge on any atom is -0.294 e. The molecule has 1 fully saturated rings. The van der Waals surface area contributed by atoms with Crippen LogP contribution >= 0.6 is 0 Å². The maximum Gasteiger partial charge on any atom is 0.166 e. The van der Waals surface area contributed by atoms with Crippen LogP contribution in [0.5, 0.6) is 0 Å². The second-order valence-electron chi connectivity index (χ2n) is 5.67. The van der Waals surface area contributed by atoms with Gasteiger partial charge in [0.2, 0.25) is 0 Å². The van der Waals surface area contributed by atoms with Crippen molar-refractivity contribution in [3.05, 3.63) is 47.5 Å². The Bertz CT molecular complexity index is 606. The lowest BCUT2D eigenvalue weighted by molar-refractivity contribution is 0.0891. The summed E-state index contributed by atoms with van der Waals surface area (Å²) >= 11 is 0. The van der Waals surface area contributed by atoms with Crippen LogP contribution in [0, 0.1) is 12.8 Å². The number of carbonyl (C=O) groups excluding carboxylic acids is 1. The Morgan fingerprint density at radius 2 is 1.63 bits per heavy atom. The Kier molecular flexibility index (Phi) is 3.37. The zero-order chi connectivity index (χ0) is 13.2. The van der Waals surface area contributed by atoms with Crippen molar-refractivity contribution in [1.29, 1.82) is 0 Å². The minimum absolute atomic E-state index is 0.250. The first-order chi connectivity index (χ1) is 9.27. The van der Waals surface area contributed by atoms with Crippen LogP contribution in [0.25, 0.3) is 10.8 Å². The average Bonchev–Trinajstić information content (AvgIpc) is 2.48. The number of fused-ring (bicyclic) bond motifs is 1. The molecule has 1 nitrogen and oxygen atoms in total. The number of ketones is 1. The van der Waals surface area contributed by atoms with E-state index < -0.39 is 0 Å². The number of hydrogen-bond donors (Lipinski definition) is 0. The lowest BCUT2D eigenvalue weighted by Crippen LogP contribution is -2.18. The zero-order valence-corrected chi connectivity index (χ0v) is 11.5. The van der Waals surface area contributed by atoms with Gasteiger partial charge in [-0.05, 0) is 36.1 Å². The van der Waals surface area contributed by atoms with Crippen molar-refractivity contribution in [3.63, 3.8) is 0 Å². The molecule has 0 bridgehead atoms. The fraction of sp³-hybridized carbons (Fsp3) is 0.389. The number of hydrogen-bond acceptors (Lipinski definition) is 1. The summed E-state index contributed by atoms with van der Waals surface area (Å²) in [5.41, 5.74) is 2.17. The van der Waals surface area contributed by atoms with Gasteiger partial charge in [-0.1, -0.05) is 55.7 Å². The molecule has 98 valence electrons. The zero-order valence-electron chi connectivity index (χ0n) is 11.5. The van der Waals surface area contributed by atoms with Gasteiger partial charge in [0.1, 0.15) is 0 Å². The van der Waals surface area contributed by atoms with E-state index >= 15 is 0 Å². The number of rotatable bonds is 2. The van der Waals surface area contributed by atoms with Crippen LogP contribution in [0.3, 0.4) is 0 Å². The molecule has 1 aliphatic rings. The molecule has 0 N–H and O–H groups in total. The standard InChI is InChI=1S/C18H20O/c1-13-11-12-17(16-10-6-5-9-15(13)16)18(19)14-7-3-2-4-8-14/h5-6,9-12,14H,2-4,7-8H2,1H3. The van der Waals surface area contributed by atoms with Gasteiger partial charge in [-0.3, -0.25) is 4.79 Å². The average molecular weight is 252 g/mol. The van der Waals surface area contributed by atoms with Crippen molar-refractivity contribution >= 4 is 16.6 Å². The SMILES string of the molecule is Cc1ccc(C(=O)C2CCCCC2)c2ccccc12. The molecule has 0 spiro atoms. The van der Waals surface area contributed by atoms with E-state index in [-0.39, 0.29) is 5.92 Å². The first-order valence-electron chi connectivity index (χ1n) is 7.30. The number of benzene rings is 2. The Morgan fingerprint density at radius 3 is 2.37 bits per heavy atom. The maximum absolute atomic E-state index is 12.7. The summed E-state index contributed by atoms with van der Waals surface area (Å²) in [5.74, 6) is 0.607. The maximum atomic E-state index is 12.7. The summed E-state index contributed by atoms with van der Waals surface area (Å²) in [7, 11) is 0. The molecule has 19 heavy (non-hydrogen) atoms. The smallest absolute Gasteiger partial charge is 0.166 e. The van der Waals surface area contributed by atoms with Crippen molar-refractivity contribution in [2.75, 3.05) is 0 Å². The number of Topliss-reactive ketones (excluding diaryl/α,β-unsaturated/α-hetero) is 1. The largest absolute Gasteiger partial charge is 0.294 e. The monoisotopic (exact) mass is 252 g/mol. The molecule has 0 amide bonds. The Morgan fingerprint density at radius 1 is 0.947 bits per heavy atom. The first kappa shape index (κ1) is 12.4. The third-order valence-corrected chi connectivity index (χ3v) is 4.38. The van der Waals surface area contributed by atoms with Crippen molar-refractivity contribution in [2.24, 2.45) is 5.92 Å². The first-order valence-corrected chi connectivity index (χ1v) is 7.30. The van der Waals surface area contributed by atoms with Gasteiger partial charge in [-0.15, -0.1) is 0 Å². The minimum atomic E-state index is 0.250. The molecule has 1 heteroatoms. The fourth-order valence-corrected chi connectivity index (χ4v) is 3.25. The molecule has 1 aliphatic carbocycles. The molecule has 0 saturated heterocycles. The van der Waals surface area contributed by atoms with E-state index in [0.29, 0.717) is 5.78 Å². The van der Waals surface area contributed by atoms with Gasteiger partial charge in [0.15, 0.2) is 5.78 Å². The van der Waals surface area contributed by atoms with Crippen LogP contribution in [0.1, 0.15) is 48.0 Å². The van der Waals surface area contributed by atoms with Crippen LogP contribution in [-0.4, -0.2) is 5.78 Å². The summed E-state index contributed by atoms with van der Waals surface area (Å²) in [5, 5.41) is 2.34. The summed E-state index contributed by atoms with van der Waals surface area (Å²) < 4.78 is 0. The lowest BCUT2D eigenvalue weighted by atomic mass is 9.82. The number of aryl methyl sites for hydroxylation is 1. The Balaban J connectivity index is 2.05. The van der Waals surface area contributed by atoms with Crippen LogP contribution in [0.4, 0.5) is 0 Å². The molecular weight excluding hydrogens is 232 g/mol. The second-order valence-corrected chi connectivity index (χ2v) is 5.67. The summed E-state index contributed by atoms with van der Waals surface area (Å²) in [6.07, 6.45) is 5.85. The van der Waals surface area contributed by atoms with E-state index in [1.807, 2.05) is 18.2 Å². The predicted molar refractivity (Wildman–Crippen MR) is 79.6 cm³/mol. The van der Waals surface area contributed by atoms with E-state index in [1.165, 1.54) is 30.2 Å². The highest BCUT2D eigenvalue weighted by Crippen LogP contribution is 2.30. The van der Waals surface area contributed by atoms with Crippen molar-refractivity contribution < 1.29 is 4.79 Å². The normalized spacial score (nSPS) is 16.7. The topological polar surface area (TPSA) is 17.1 Å². The molecule has 2 aromatic rings. The molecule has 0 atom stereocenters. The predicted octanol–water partition coefficient (Wildman–Crippen LogP) is 4.91. The van der Waals surface area contributed by atoms with Crippen molar-refractivity contribution in [3.8, 4) is 0 Å². The molecule has 0 aliphatic heterocycles. The van der Waals surface area contributed by atoms with Gasteiger partial charge in [-0.2, -0.15) is 0 Å². The highest BCUT2D eigenvalue weighted by Gasteiger charge is 2.23. The second kappa shape index (κ2) is 5.16. The molecule has 0 radical (unpaired) electrons. The molecule has 3 rings (SSSR count). The van der Waals surface area contributed by atoms with Crippen molar-refractivity contribution in [1.82, 2.24) is 0 Å². The van der Waals surface area contributed by atoms with E-state index in [0.717, 1.165) is 23.8 Å². The highest BCUT2D eigenvalue weighted by molar-refractivity contribution is 6.09. The van der Waals surface area contributed by atoms with E-state index in [2.05, 4.69) is 25.1 Å². The third-order valence-electron chi connectivity index (χ3n) is 4.38. The molecular formula is C18H20O. The van der Waals surface area contributed by atoms with Gasteiger partial charge in [0.05, 0.1) is 0 Å². The number of carbonyl (C=O) groups is 1. The van der Waals surface area contributed by atoms with Crippen LogP contribution in [-0.2, 0) is 0 Å². The lowest BCUT2D eigenvalue weighted by Gasteiger charge is -2.21. The van der Waals surface area contributed by atoms with Crippen molar-refractivity contribution in [2.45, 2.75) is 39.0 Å². The van der Waals surface area contributed by atoms with Gasteiger partial charge < -0.3 is 0 Å². The van der Waals surface area contributed by atoms with Gasteiger partial charge in [0, 0.05) is 11.5 Å². The van der Waals surface area contributed by atoms with E-state index in [9.17, 15) is 4.79 Å². The molecule has 0 heterocycles. The quantitative estimate of drug-likeness (QED) is 0.694.